The lowest BCUT2D eigenvalue weighted by Gasteiger charge is -2.22. The highest BCUT2D eigenvalue weighted by molar-refractivity contribution is 5.87. The van der Waals surface area contributed by atoms with Crippen LogP contribution in [0.4, 0.5) is 0 Å². The van der Waals surface area contributed by atoms with Gasteiger partial charge in [0.1, 0.15) is 0 Å². The Morgan fingerprint density at radius 3 is 2.48 bits per heavy atom. The third kappa shape index (κ3) is 2.89. The molecule has 5 heteroatoms. The quantitative estimate of drug-likeness (QED) is 0.783. The second-order valence-corrected chi connectivity index (χ2v) is 7.15. The van der Waals surface area contributed by atoms with Gasteiger partial charge in [-0.25, -0.2) is 0 Å². The molecule has 1 saturated heterocycles. The van der Waals surface area contributed by atoms with E-state index in [9.17, 15) is 4.79 Å². The van der Waals surface area contributed by atoms with Crippen molar-refractivity contribution in [3.63, 3.8) is 0 Å². The Kier molecular flexibility index (Phi) is 3.96. The summed E-state index contributed by atoms with van der Waals surface area (Å²) in [5.74, 6) is 0. The first-order valence-corrected chi connectivity index (χ1v) is 8.91. The van der Waals surface area contributed by atoms with E-state index in [0.29, 0.717) is 6.04 Å². The molecule has 3 aromatic rings. The molecule has 130 valence electrons. The van der Waals surface area contributed by atoms with Crippen molar-refractivity contribution >= 4 is 10.9 Å². The third-order valence-electron chi connectivity index (χ3n) is 5.20. The number of hydrogen-bond acceptors (Lipinski definition) is 3. The number of fused-ring (bicyclic) bond motifs is 1. The molecule has 0 aliphatic carbocycles. The Morgan fingerprint density at radius 1 is 1.04 bits per heavy atom. The molecule has 1 aromatic carbocycles. The summed E-state index contributed by atoms with van der Waals surface area (Å²) in [5, 5.41) is 9.43. The average Bonchev–Trinajstić information content (AvgIpc) is 3.05. The summed E-state index contributed by atoms with van der Waals surface area (Å²) in [7, 11) is 1.80. The molecule has 0 saturated carbocycles. The molecule has 3 heterocycles. The fourth-order valence-corrected chi connectivity index (χ4v) is 3.79. The Bertz CT molecular complexity index is 967. The van der Waals surface area contributed by atoms with Gasteiger partial charge < -0.3 is 9.88 Å². The van der Waals surface area contributed by atoms with Crippen molar-refractivity contribution in [2.75, 3.05) is 13.1 Å². The second-order valence-electron chi connectivity index (χ2n) is 7.15. The van der Waals surface area contributed by atoms with Crippen molar-refractivity contribution in [2.45, 2.75) is 32.7 Å². The lowest BCUT2D eigenvalue weighted by Crippen LogP contribution is -2.29. The molecular weight excluding hydrogens is 312 g/mol. The topological polar surface area (TPSA) is 51.9 Å². The van der Waals surface area contributed by atoms with Crippen LogP contribution in [0.25, 0.3) is 22.0 Å². The van der Waals surface area contributed by atoms with Crippen LogP contribution >= 0.6 is 0 Å². The maximum absolute atomic E-state index is 12.0. The largest absolute Gasteiger partial charge is 0.318 e. The highest BCUT2D eigenvalue weighted by Gasteiger charge is 2.17. The van der Waals surface area contributed by atoms with Gasteiger partial charge in [-0.15, -0.1) is 0 Å². The van der Waals surface area contributed by atoms with E-state index in [1.54, 1.807) is 11.6 Å². The molecule has 0 unspecified atom stereocenters. The van der Waals surface area contributed by atoms with E-state index in [0.717, 1.165) is 48.1 Å². The normalized spacial score (nSPS) is 15.8. The van der Waals surface area contributed by atoms with Crippen LogP contribution in [0, 0.1) is 13.8 Å². The number of nitrogens with zero attached hydrogens (tertiary/aromatic N) is 3. The first-order chi connectivity index (χ1) is 12.0. The fourth-order valence-electron chi connectivity index (χ4n) is 3.79. The number of rotatable bonds is 2. The minimum absolute atomic E-state index is 0.0558. The van der Waals surface area contributed by atoms with Crippen LogP contribution in [-0.4, -0.2) is 27.4 Å². The van der Waals surface area contributed by atoms with Gasteiger partial charge in [-0.3, -0.25) is 9.48 Å². The van der Waals surface area contributed by atoms with E-state index in [1.807, 2.05) is 19.2 Å². The van der Waals surface area contributed by atoms with Gasteiger partial charge in [-0.05, 0) is 74.7 Å². The molecule has 0 amide bonds. The SMILES string of the molecule is Cc1cc(-c2cc(C)c3nn(C4CCNCC4)cc3c2)cn(C)c1=O. The molecule has 0 spiro atoms. The van der Waals surface area contributed by atoms with Crippen molar-refractivity contribution in [3.05, 3.63) is 52.1 Å². The first-order valence-electron chi connectivity index (χ1n) is 8.91. The summed E-state index contributed by atoms with van der Waals surface area (Å²) in [5.41, 5.74) is 5.27. The molecule has 0 atom stereocenters. The van der Waals surface area contributed by atoms with Gasteiger partial charge in [-0.1, -0.05) is 0 Å². The van der Waals surface area contributed by atoms with Crippen LogP contribution in [0.1, 0.15) is 30.0 Å². The van der Waals surface area contributed by atoms with Crippen LogP contribution < -0.4 is 10.9 Å². The number of benzene rings is 1. The number of piperidine rings is 1. The highest BCUT2D eigenvalue weighted by Crippen LogP contribution is 2.29. The molecule has 2 aromatic heterocycles. The molecule has 5 nitrogen and oxygen atoms in total. The zero-order valence-electron chi connectivity index (χ0n) is 15.0. The van der Waals surface area contributed by atoms with E-state index in [-0.39, 0.29) is 5.56 Å². The van der Waals surface area contributed by atoms with Crippen molar-refractivity contribution < 1.29 is 0 Å². The zero-order chi connectivity index (χ0) is 17.6. The maximum atomic E-state index is 12.0. The molecule has 25 heavy (non-hydrogen) atoms. The smallest absolute Gasteiger partial charge is 0.253 e. The summed E-state index contributed by atoms with van der Waals surface area (Å²) >= 11 is 0. The van der Waals surface area contributed by atoms with Crippen LogP contribution in [0.5, 0.6) is 0 Å². The van der Waals surface area contributed by atoms with Crippen LogP contribution in [0.2, 0.25) is 0 Å². The fraction of sp³-hybridized carbons (Fsp3) is 0.400. The number of nitrogens with one attached hydrogen (secondary N) is 1. The molecular formula is C20H24N4O. The van der Waals surface area contributed by atoms with Crippen molar-refractivity contribution in [3.8, 4) is 11.1 Å². The third-order valence-corrected chi connectivity index (χ3v) is 5.20. The molecule has 1 fully saturated rings. The van der Waals surface area contributed by atoms with Crippen LogP contribution in [0.15, 0.2) is 35.4 Å². The number of aryl methyl sites for hydroxylation is 3. The van der Waals surface area contributed by atoms with Crippen molar-refractivity contribution in [1.82, 2.24) is 19.7 Å². The predicted octanol–water partition coefficient (Wildman–Crippen LogP) is 2.94. The zero-order valence-corrected chi connectivity index (χ0v) is 15.0. The number of aromatic nitrogens is 3. The van der Waals surface area contributed by atoms with E-state index in [4.69, 9.17) is 5.10 Å². The predicted molar refractivity (Wildman–Crippen MR) is 101 cm³/mol. The van der Waals surface area contributed by atoms with Crippen molar-refractivity contribution in [1.29, 1.82) is 0 Å². The van der Waals surface area contributed by atoms with Crippen LogP contribution in [0.3, 0.4) is 0 Å². The Morgan fingerprint density at radius 2 is 1.76 bits per heavy atom. The maximum Gasteiger partial charge on any atom is 0.253 e. The monoisotopic (exact) mass is 336 g/mol. The highest BCUT2D eigenvalue weighted by atomic mass is 16.1. The Labute approximate surface area is 147 Å². The lowest BCUT2D eigenvalue weighted by molar-refractivity contribution is 0.345. The average molecular weight is 336 g/mol. The number of hydrogen-bond donors (Lipinski definition) is 1. The van der Waals surface area contributed by atoms with E-state index in [2.05, 4.69) is 35.3 Å². The molecule has 4 rings (SSSR count). The van der Waals surface area contributed by atoms with E-state index < -0.39 is 0 Å². The molecule has 0 bridgehead atoms. The van der Waals surface area contributed by atoms with Gasteiger partial charge in [0.25, 0.3) is 5.56 Å². The Hall–Kier alpha value is -2.40. The summed E-state index contributed by atoms with van der Waals surface area (Å²) in [6.45, 7) is 6.09. The first kappa shape index (κ1) is 16.1. The summed E-state index contributed by atoms with van der Waals surface area (Å²) in [4.78, 5) is 12.0. The minimum atomic E-state index is 0.0558. The van der Waals surface area contributed by atoms with Crippen LogP contribution in [-0.2, 0) is 7.05 Å². The number of pyridine rings is 1. The van der Waals surface area contributed by atoms with Gasteiger partial charge in [0.15, 0.2) is 0 Å². The van der Waals surface area contributed by atoms with Crippen molar-refractivity contribution in [2.24, 2.45) is 7.05 Å². The standard InChI is InChI=1S/C20H24N4O/c1-13-8-15(16-9-14(2)20(25)23(3)11-16)10-17-12-24(22-19(13)17)18-4-6-21-7-5-18/h8-12,18,21H,4-7H2,1-3H3. The van der Waals surface area contributed by atoms with E-state index >= 15 is 0 Å². The second kappa shape index (κ2) is 6.15. The Balaban J connectivity index is 1.80. The minimum Gasteiger partial charge on any atom is -0.318 e. The van der Waals surface area contributed by atoms with Gasteiger partial charge in [0.2, 0.25) is 0 Å². The van der Waals surface area contributed by atoms with Gasteiger partial charge >= 0.3 is 0 Å². The summed E-state index contributed by atoms with van der Waals surface area (Å²) < 4.78 is 3.80. The van der Waals surface area contributed by atoms with Gasteiger partial charge in [0, 0.05) is 30.4 Å². The molecule has 0 radical (unpaired) electrons. The lowest BCUT2D eigenvalue weighted by atomic mass is 10.0. The van der Waals surface area contributed by atoms with Gasteiger partial charge in [0.05, 0.1) is 11.6 Å². The summed E-state index contributed by atoms with van der Waals surface area (Å²) in [6, 6.07) is 6.81. The molecule has 1 aliphatic rings. The van der Waals surface area contributed by atoms with E-state index in [1.165, 1.54) is 10.9 Å². The summed E-state index contributed by atoms with van der Waals surface area (Å²) in [6.07, 6.45) is 6.34. The molecule has 1 N–H and O–H groups in total. The van der Waals surface area contributed by atoms with Gasteiger partial charge in [-0.2, -0.15) is 5.10 Å². The molecule has 1 aliphatic heterocycles.